The number of amides is 1. The third-order valence-corrected chi connectivity index (χ3v) is 3.20. The van der Waals surface area contributed by atoms with E-state index in [9.17, 15) is 4.79 Å². The first-order valence-electron chi connectivity index (χ1n) is 5.76. The summed E-state index contributed by atoms with van der Waals surface area (Å²) in [5.41, 5.74) is 0. The summed E-state index contributed by atoms with van der Waals surface area (Å²) in [5.74, 6) is 0.806. The molecule has 0 aromatic rings. The number of hydrogen-bond donors (Lipinski definition) is 0. The van der Waals surface area contributed by atoms with Crippen molar-refractivity contribution in [3.8, 4) is 0 Å². The van der Waals surface area contributed by atoms with Gasteiger partial charge in [-0.2, -0.15) is 0 Å². The molecule has 0 aliphatic heterocycles. The van der Waals surface area contributed by atoms with Crippen molar-refractivity contribution in [1.82, 2.24) is 4.90 Å². The molecule has 1 saturated carbocycles. The molecule has 1 amide bonds. The fraction of sp³-hybridized carbons (Fsp3) is 0.750. The van der Waals surface area contributed by atoms with Crippen LogP contribution in [-0.2, 0) is 4.79 Å². The normalized spacial score (nSPS) is 16.6. The molecule has 1 fully saturated rings. The van der Waals surface area contributed by atoms with Crippen LogP contribution in [0.4, 0.5) is 0 Å². The standard InChI is InChI=1S/C12H20ClNO/c1-2-10-14(11-6-3-4-7-11)12(15)8-5-9-13/h2,11H,1,3-10H2. The Morgan fingerprint density at radius 1 is 1.47 bits per heavy atom. The first-order chi connectivity index (χ1) is 7.29. The van der Waals surface area contributed by atoms with E-state index in [0.717, 1.165) is 19.3 Å². The maximum atomic E-state index is 11.9. The molecule has 15 heavy (non-hydrogen) atoms. The van der Waals surface area contributed by atoms with Crippen molar-refractivity contribution in [2.45, 2.75) is 44.6 Å². The summed E-state index contributed by atoms with van der Waals surface area (Å²) in [4.78, 5) is 13.9. The molecule has 0 atom stereocenters. The van der Waals surface area contributed by atoms with Crippen molar-refractivity contribution in [3.63, 3.8) is 0 Å². The van der Waals surface area contributed by atoms with E-state index in [-0.39, 0.29) is 5.91 Å². The predicted octanol–water partition coefficient (Wildman–Crippen LogP) is 2.96. The van der Waals surface area contributed by atoms with Gasteiger partial charge in [-0.3, -0.25) is 4.79 Å². The first-order valence-corrected chi connectivity index (χ1v) is 6.29. The van der Waals surface area contributed by atoms with Crippen molar-refractivity contribution in [2.75, 3.05) is 12.4 Å². The second kappa shape index (κ2) is 6.89. The minimum absolute atomic E-state index is 0.238. The Hall–Kier alpha value is -0.500. The Bertz CT molecular complexity index is 212. The molecule has 0 aromatic heterocycles. The van der Waals surface area contributed by atoms with E-state index in [1.807, 2.05) is 11.0 Å². The highest BCUT2D eigenvalue weighted by Gasteiger charge is 2.24. The Kier molecular flexibility index (Phi) is 5.77. The van der Waals surface area contributed by atoms with Crippen LogP contribution in [0.25, 0.3) is 0 Å². The third-order valence-electron chi connectivity index (χ3n) is 2.94. The van der Waals surface area contributed by atoms with Crippen molar-refractivity contribution < 1.29 is 4.79 Å². The summed E-state index contributed by atoms with van der Waals surface area (Å²) < 4.78 is 0. The largest absolute Gasteiger partial charge is 0.336 e. The van der Waals surface area contributed by atoms with Crippen LogP contribution in [0.3, 0.4) is 0 Å². The van der Waals surface area contributed by atoms with E-state index >= 15 is 0 Å². The van der Waals surface area contributed by atoms with Gasteiger partial charge in [-0.15, -0.1) is 18.2 Å². The Morgan fingerprint density at radius 3 is 2.67 bits per heavy atom. The van der Waals surface area contributed by atoms with Crippen LogP contribution >= 0.6 is 11.6 Å². The number of nitrogens with zero attached hydrogens (tertiary/aromatic N) is 1. The molecule has 86 valence electrons. The highest BCUT2D eigenvalue weighted by atomic mass is 35.5. The molecule has 0 saturated heterocycles. The lowest BCUT2D eigenvalue weighted by molar-refractivity contribution is -0.132. The summed E-state index contributed by atoms with van der Waals surface area (Å²) in [6.45, 7) is 4.40. The van der Waals surface area contributed by atoms with Crippen LogP contribution in [0, 0.1) is 0 Å². The quantitative estimate of drug-likeness (QED) is 0.507. The maximum absolute atomic E-state index is 11.9. The lowest BCUT2D eigenvalue weighted by Gasteiger charge is -2.27. The Morgan fingerprint density at radius 2 is 2.13 bits per heavy atom. The molecule has 3 heteroatoms. The molecule has 1 aliphatic rings. The molecule has 0 bridgehead atoms. The number of hydrogen-bond acceptors (Lipinski definition) is 1. The van der Waals surface area contributed by atoms with Gasteiger partial charge < -0.3 is 4.90 Å². The molecule has 0 N–H and O–H groups in total. The van der Waals surface area contributed by atoms with Crippen molar-refractivity contribution >= 4 is 17.5 Å². The van der Waals surface area contributed by atoms with Crippen LogP contribution in [-0.4, -0.2) is 29.3 Å². The molecule has 0 heterocycles. The van der Waals surface area contributed by atoms with Gasteiger partial charge in [-0.25, -0.2) is 0 Å². The molecule has 1 aliphatic carbocycles. The van der Waals surface area contributed by atoms with Gasteiger partial charge in [0.2, 0.25) is 5.91 Å². The average Bonchev–Trinajstić information content (AvgIpc) is 2.75. The van der Waals surface area contributed by atoms with Crippen molar-refractivity contribution in [3.05, 3.63) is 12.7 Å². The second-order valence-corrected chi connectivity index (χ2v) is 4.44. The van der Waals surface area contributed by atoms with Crippen LogP contribution in [0.1, 0.15) is 38.5 Å². The average molecular weight is 230 g/mol. The number of halogens is 1. The summed E-state index contributed by atoms with van der Waals surface area (Å²) in [6.07, 6.45) is 7.98. The number of carbonyl (C=O) groups excluding carboxylic acids is 1. The molecule has 0 radical (unpaired) electrons. The fourth-order valence-corrected chi connectivity index (χ4v) is 2.30. The highest BCUT2D eigenvalue weighted by molar-refractivity contribution is 6.17. The van der Waals surface area contributed by atoms with Gasteiger partial charge in [0.05, 0.1) is 0 Å². The zero-order valence-corrected chi connectivity index (χ0v) is 10.0. The van der Waals surface area contributed by atoms with E-state index in [1.54, 1.807) is 0 Å². The highest BCUT2D eigenvalue weighted by Crippen LogP contribution is 2.24. The monoisotopic (exact) mass is 229 g/mol. The minimum Gasteiger partial charge on any atom is -0.336 e. The van der Waals surface area contributed by atoms with E-state index in [1.165, 1.54) is 12.8 Å². The second-order valence-electron chi connectivity index (χ2n) is 4.07. The summed E-state index contributed by atoms with van der Waals surface area (Å²) in [6, 6.07) is 0.450. The SMILES string of the molecule is C=CCN(C(=O)CCCCl)C1CCCC1. The van der Waals surface area contributed by atoms with Crippen molar-refractivity contribution in [2.24, 2.45) is 0 Å². The van der Waals surface area contributed by atoms with Crippen molar-refractivity contribution in [1.29, 1.82) is 0 Å². The van der Waals surface area contributed by atoms with Crippen LogP contribution in [0.5, 0.6) is 0 Å². The minimum atomic E-state index is 0.238. The van der Waals surface area contributed by atoms with Crippen LogP contribution in [0.2, 0.25) is 0 Å². The predicted molar refractivity (Wildman–Crippen MR) is 64.1 cm³/mol. The Labute approximate surface area is 97.3 Å². The number of carbonyl (C=O) groups is 1. The summed E-state index contributed by atoms with van der Waals surface area (Å²) in [7, 11) is 0. The van der Waals surface area contributed by atoms with Crippen LogP contribution in [0.15, 0.2) is 12.7 Å². The van der Waals surface area contributed by atoms with E-state index in [2.05, 4.69) is 6.58 Å². The molecule has 2 nitrogen and oxygen atoms in total. The molecular weight excluding hydrogens is 210 g/mol. The van der Waals surface area contributed by atoms with E-state index < -0.39 is 0 Å². The zero-order chi connectivity index (χ0) is 11.1. The topological polar surface area (TPSA) is 20.3 Å². The summed E-state index contributed by atoms with van der Waals surface area (Å²) >= 11 is 5.60. The molecule has 0 unspecified atom stereocenters. The van der Waals surface area contributed by atoms with Gasteiger partial charge in [0.1, 0.15) is 0 Å². The van der Waals surface area contributed by atoms with Gasteiger partial charge in [0, 0.05) is 24.9 Å². The number of rotatable bonds is 6. The lowest BCUT2D eigenvalue weighted by atomic mass is 10.2. The zero-order valence-electron chi connectivity index (χ0n) is 9.25. The van der Waals surface area contributed by atoms with Gasteiger partial charge in [0.25, 0.3) is 0 Å². The smallest absolute Gasteiger partial charge is 0.223 e. The maximum Gasteiger partial charge on any atom is 0.223 e. The molecule has 0 spiro atoms. The molecule has 0 aromatic carbocycles. The molecule has 1 rings (SSSR count). The van der Waals surface area contributed by atoms with Gasteiger partial charge in [0.15, 0.2) is 0 Å². The van der Waals surface area contributed by atoms with E-state index in [4.69, 9.17) is 11.6 Å². The van der Waals surface area contributed by atoms with Gasteiger partial charge in [-0.1, -0.05) is 18.9 Å². The number of alkyl halides is 1. The van der Waals surface area contributed by atoms with Gasteiger partial charge in [-0.05, 0) is 19.3 Å². The Balaban J connectivity index is 2.47. The summed E-state index contributed by atoms with van der Waals surface area (Å²) in [5, 5.41) is 0. The van der Waals surface area contributed by atoms with E-state index in [0.29, 0.717) is 24.9 Å². The fourth-order valence-electron chi connectivity index (χ4n) is 2.17. The van der Waals surface area contributed by atoms with Crippen LogP contribution < -0.4 is 0 Å². The molecular formula is C12H20ClNO. The van der Waals surface area contributed by atoms with Gasteiger partial charge >= 0.3 is 0 Å². The first kappa shape index (κ1) is 12.6. The third kappa shape index (κ3) is 3.86. The lowest BCUT2D eigenvalue weighted by Crippen LogP contribution is -2.38.